The minimum Gasteiger partial charge on any atom is -0.383 e. The van der Waals surface area contributed by atoms with Crippen LogP contribution in [0.1, 0.15) is 43.4 Å². The Morgan fingerprint density at radius 3 is 2.52 bits per heavy atom. The van der Waals surface area contributed by atoms with Crippen LogP contribution in [0.15, 0.2) is 41.7 Å². The highest BCUT2D eigenvalue weighted by Gasteiger charge is 2.25. The summed E-state index contributed by atoms with van der Waals surface area (Å²) in [6.45, 7) is 6.68. The first-order valence-corrected chi connectivity index (χ1v) is 10.5. The van der Waals surface area contributed by atoms with Crippen LogP contribution in [0.5, 0.6) is 0 Å². The molecule has 1 amide bonds. The number of aryl methyl sites for hydroxylation is 1. The summed E-state index contributed by atoms with van der Waals surface area (Å²) in [5.74, 6) is 0.803. The number of amides is 1. The first kappa shape index (κ1) is 25.1. The maximum Gasteiger partial charge on any atom is 0.223 e. The molecule has 1 atom stereocenters. The highest BCUT2D eigenvalue weighted by Crippen LogP contribution is 2.23. The van der Waals surface area contributed by atoms with Gasteiger partial charge in [-0.2, -0.15) is 5.10 Å². The summed E-state index contributed by atoms with van der Waals surface area (Å²) in [5.41, 5.74) is 2.11. The maximum absolute atomic E-state index is 12.5. The Morgan fingerprint density at radius 2 is 1.94 bits per heavy atom. The number of fused-ring (bicyclic) bond motifs is 1. The van der Waals surface area contributed by atoms with Gasteiger partial charge in [-0.25, -0.2) is 4.99 Å². The molecule has 1 aromatic carbocycles. The SMILES string of the molecule is CCNC(=NCC(C)(O)c1cnn(C)c1)NCCCC(=O)N1Cc2ccccc2C1.I. The number of carbonyl (C=O) groups excluding carboxylic acids is 1. The second-order valence-corrected chi connectivity index (χ2v) is 7.92. The van der Waals surface area contributed by atoms with E-state index in [1.165, 1.54) is 11.1 Å². The third-order valence-electron chi connectivity index (χ3n) is 5.27. The van der Waals surface area contributed by atoms with Crippen LogP contribution < -0.4 is 10.6 Å². The van der Waals surface area contributed by atoms with Crippen LogP contribution in [-0.2, 0) is 30.5 Å². The molecular weight excluding hydrogens is 507 g/mol. The van der Waals surface area contributed by atoms with Crippen molar-refractivity contribution in [2.75, 3.05) is 19.6 Å². The van der Waals surface area contributed by atoms with E-state index in [9.17, 15) is 9.90 Å². The van der Waals surface area contributed by atoms with Crippen molar-refractivity contribution < 1.29 is 9.90 Å². The van der Waals surface area contributed by atoms with Crippen molar-refractivity contribution in [3.05, 3.63) is 53.3 Å². The molecule has 3 N–H and O–H groups in total. The molecule has 2 heterocycles. The number of nitrogens with one attached hydrogen (secondary N) is 2. The second-order valence-electron chi connectivity index (χ2n) is 7.92. The molecule has 0 radical (unpaired) electrons. The summed E-state index contributed by atoms with van der Waals surface area (Å²) in [6.07, 6.45) is 4.65. The standard InChI is InChI=1S/C22H32N6O2.HI/c1-4-23-21(25-16-22(2,30)19-12-26-27(3)15-19)24-11-7-10-20(29)28-13-17-8-5-6-9-18(17)14-28;/h5-6,8-9,12,15,30H,4,7,10-11,13-14,16H2,1-3H3,(H2,23,24,25);1H. The fourth-order valence-corrected chi connectivity index (χ4v) is 3.48. The minimum absolute atomic E-state index is 0. The zero-order chi connectivity index (χ0) is 21.6. The number of hydrogen-bond donors (Lipinski definition) is 3. The zero-order valence-electron chi connectivity index (χ0n) is 18.5. The van der Waals surface area contributed by atoms with E-state index in [2.05, 4.69) is 32.9 Å². The average molecular weight is 540 g/mol. The van der Waals surface area contributed by atoms with E-state index in [0.717, 1.165) is 12.0 Å². The Kier molecular flexibility index (Phi) is 9.30. The minimum atomic E-state index is -1.10. The van der Waals surface area contributed by atoms with Crippen LogP contribution >= 0.6 is 24.0 Å². The number of aromatic nitrogens is 2. The number of benzene rings is 1. The predicted molar refractivity (Wildman–Crippen MR) is 132 cm³/mol. The van der Waals surface area contributed by atoms with Crippen LogP contribution in [0.2, 0.25) is 0 Å². The Morgan fingerprint density at radius 1 is 1.26 bits per heavy atom. The molecular formula is C22H33IN6O2. The lowest BCUT2D eigenvalue weighted by molar-refractivity contribution is -0.131. The number of carbonyl (C=O) groups is 1. The average Bonchev–Trinajstić information content (AvgIpc) is 3.35. The summed E-state index contributed by atoms with van der Waals surface area (Å²) in [7, 11) is 1.82. The van der Waals surface area contributed by atoms with E-state index in [1.54, 1.807) is 24.0 Å². The van der Waals surface area contributed by atoms with Gasteiger partial charge in [-0.3, -0.25) is 9.48 Å². The van der Waals surface area contributed by atoms with Gasteiger partial charge in [0.25, 0.3) is 0 Å². The lowest BCUT2D eigenvalue weighted by atomic mass is 10.0. The summed E-state index contributed by atoms with van der Waals surface area (Å²) < 4.78 is 1.66. The fourth-order valence-electron chi connectivity index (χ4n) is 3.48. The number of hydrogen-bond acceptors (Lipinski definition) is 4. The predicted octanol–water partition coefficient (Wildman–Crippen LogP) is 2.12. The second kappa shape index (κ2) is 11.5. The van der Waals surface area contributed by atoms with Crippen LogP contribution in [-0.4, -0.2) is 51.3 Å². The Bertz CT molecular complexity index is 871. The van der Waals surface area contributed by atoms with Gasteiger partial charge in [-0.15, -0.1) is 24.0 Å². The smallest absolute Gasteiger partial charge is 0.223 e. The first-order valence-electron chi connectivity index (χ1n) is 10.5. The molecule has 2 aromatic rings. The lowest BCUT2D eigenvalue weighted by Crippen LogP contribution is -2.39. The number of nitrogens with zero attached hydrogens (tertiary/aromatic N) is 4. The number of guanidine groups is 1. The van der Waals surface area contributed by atoms with Crippen LogP contribution in [0.25, 0.3) is 0 Å². The lowest BCUT2D eigenvalue weighted by Gasteiger charge is -2.20. The number of rotatable bonds is 8. The monoisotopic (exact) mass is 540 g/mol. The molecule has 170 valence electrons. The largest absolute Gasteiger partial charge is 0.383 e. The van der Waals surface area contributed by atoms with E-state index >= 15 is 0 Å². The molecule has 0 spiro atoms. The molecule has 0 saturated carbocycles. The van der Waals surface area contributed by atoms with Gasteiger partial charge in [0, 0.05) is 51.4 Å². The molecule has 1 aliphatic rings. The molecule has 9 heteroatoms. The van der Waals surface area contributed by atoms with Crippen molar-refractivity contribution in [2.24, 2.45) is 12.0 Å². The fraction of sp³-hybridized carbons (Fsp3) is 0.500. The zero-order valence-corrected chi connectivity index (χ0v) is 20.8. The highest BCUT2D eigenvalue weighted by atomic mass is 127. The molecule has 0 fully saturated rings. The van der Waals surface area contributed by atoms with Crippen LogP contribution in [0, 0.1) is 0 Å². The normalized spacial score (nSPS) is 15.1. The first-order chi connectivity index (χ1) is 14.4. The van der Waals surface area contributed by atoms with Crippen molar-refractivity contribution in [3.8, 4) is 0 Å². The van der Waals surface area contributed by atoms with E-state index in [1.807, 2.05) is 31.0 Å². The molecule has 31 heavy (non-hydrogen) atoms. The van der Waals surface area contributed by atoms with Gasteiger partial charge in [-0.05, 0) is 31.4 Å². The van der Waals surface area contributed by atoms with Gasteiger partial charge in [0.1, 0.15) is 5.60 Å². The van der Waals surface area contributed by atoms with Gasteiger partial charge in [-0.1, -0.05) is 24.3 Å². The highest BCUT2D eigenvalue weighted by molar-refractivity contribution is 14.0. The van der Waals surface area contributed by atoms with Crippen LogP contribution in [0.4, 0.5) is 0 Å². The molecule has 1 unspecified atom stereocenters. The Hall–Kier alpha value is -2.14. The van der Waals surface area contributed by atoms with Crippen molar-refractivity contribution in [1.29, 1.82) is 0 Å². The number of halogens is 1. The van der Waals surface area contributed by atoms with Crippen molar-refractivity contribution in [3.63, 3.8) is 0 Å². The van der Waals surface area contributed by atoms with Crippen molar-refractivity contribution in [2.45, 2.75) is 45.4 Å². The summed E-state index contributed by atoms with van der Waals surface area (Å²) in [4.78, 5) is 18.9. The van der Waals surface area contributed by atoms with E-state index in [-0.39, 0.29) is 36.4 Å². The topological polar surface area (TPSA) is 94.8 Å². The van der Waals surface area contributed by atoms with Gasteiger partial charge < -0.3 is 20.6 Å². The molecule has 3 rings (SSSR count). The summed E-state index contributed by atoms with van der Waals surface area (Å²) in [5, 5.41) is 21.2. The van der Waals surface area contributed by atoms with Gasteiger partial charge in [0.2, 0.25) is 5.91 Å². The Labute approximate surface area is 201 Å². The van der Waals surface area contributed by atoms with E-state index < -0.39 is 5.60 Å². The Balaban J connectivity index is 0.00000341. The molecule has 0 aliphatic carbocycles. The van der Waals surface area contributed by atoms with E-state index in [0.29, 0.717) is 38.6 Å². The summed E-state index contributed by atoms with van der Waals surface area (Å²) >= 11 is 0. The molecule has 0 saturated heterocycles. The molecule has 8 nitrogen and oxygen atoms in total. The van der Waals surface area contributed by atoms with E-state index in [4.69, 9.17) is 0 Å². The number of aliphatic hydroxyl groups is 1. The molecule has 0 bridgehead atoms. The third-order valence-corrected chi connectivity index (χ3v) is 5.27. The number of aliphatic imine (C=N–C) groups is 1. The van der Waals surface area contributed by atoms with Gasteiger partial charge in [0.05, 0.1) is 12.7 Å². The summed E-state index contributed by atoms with van der Waals surface area (Å²) in [6, 6.07) is 8.21. The maximum atomic E-state index is 12.5. The van der Waals surface area contributed by atoms with Gasteiger partial charge in [0.15, 0.2) is 5.96 Å². The van der Waals surface area contributed by atoms with Crippen molar-refractivity contribution >= 4 is 35.8 Å². The van der Waals surface area contributed by atoms with Gasteiger partial charge >= 0.3 is 0 Å². The molecule has 1 aromatic heterocycles. The van der Waals surface area contributed by atoms with Crippen molar-refractivity contribution in [1.82, 2.24) is 25.3 Å². The van der Waals surface area contributed by atoms with Crippen LogP contribution in [0.3, 0.4) is 0 Å². The quantitative estimate of drug-likeness (QED) is 0.207. The molecule has 1 aliphatic heterocycles. The third kappa shape index (κ3) is 6.93.